The minimum atomic E-state index is -0.705. The van der Waals surface area contributed by atoms with Crippen molar-refractivity contribution < 1.29 is 22.5 Å². The Hall–Kier alpha value is -3.55. The van der Waals surface area contributed by atoms with E-state index in [9.17, 15) is 18.0 Å². The van der Waals surface area contributed by atoms with E-state index in [4.69, 9.17) is 4.52 Å². The first kappa shape index (κ1) is 18.8. The summed E-state index contributed by atoms with van der Waals surface area (Å²) in [5.41, 5.74) is 2.34. The highest BCUT2D eigenvalue weighted by atomic mass is 19.1. The highest BCUT2D eigenvalue weighted by Crippen LogP contribution is 2.20. The van der Waals surface area contributed by atoms with Gasteiger partial charge in [0.1, 0.15) is 23.7 Å². The molecule has 0 unspecified atom stereocenters. The van der Waals surface area contributed by atoms with Gasteiger partial charge >= 0.3 is 0 Å². The standard InChI is InChI=1S/C21H16F3N3O2/c22-15-3-4-19-17(8-15)13(10-26-19)5-6-25-21(28)20-14(11-29-27-20)7-12-1-2-16(23)9-18(12)24/h1-4,8-11,26H,5-7H2,(H,25,28). The van der Waals surface area contributed by atoms with Crippen LogP contribution in [0.4, 0.5) is 13.2 Å². The average molecular weight is 399 g/mol. The maximum Gasteiger partial charge on any atom is 0.273 e. The molecule has 0 aliphatic rings. The Morgan fingerprint density at radius 3 is 2.66 bits per heavy atom. The molecule has 0 aliphatic carbocycles. The zero-order valence-corrected chi connectivity index (χ0v) is 15.1. The third-order valence-corrected chi connectivity index (χ3v) is 4.66. The first-order chi connectivity index (χ1) is 14.0. The lowest BCUT2D eigenvalue weighted by Gasteiger charge is -2.05. The van der Waals surface area contributed by atoms with Crippen LogP contribution in [0.5, 0.6) is 0 Å². The number of nitrogens with zero attached hydrogens (tertiary/aromatic N) is 1. The van der Waals surface area contributed by atoms with E-state index < -0.39 is 17.5 Å². The van der Waals surface area contributed by atoms with Gasteiger partial charge in [0, 0.05) is 41.7 Å². The van der Waals surface area contributed by atoms with Gasteiger partial charge < -0.3 is 14.8 Å². The second-order valence-corrected chi connectivity index (χ2v) is 6.61. The van der Waals surface area contributed by atoms with Crippen LogP contribution in [0.2, 0.25) is 0 Å². The Bertz CT molecular complexity index is 1180. The van der Waals surface area contributed by atoms with Gasteiger partial charge in [-0.25, -0.2) is 13.2 Å². The van der Waals surface area contributed by atoms with Gasteiger partial charge in [-0.1, -0.05) is 11.2 Å². The molecule has 0 bridgehead atoms. The summed E-state index contributed by atoms with van der Waals surface area (Å²) in [5, 5.41) is 7.18. The van der Waals surface area contributed by atoms with E-state index in [-0.39, 0.29) is 23.5 Å². The fraction of sp³-hybridized carbons (Fsp3) is 0.143. The van der Waals surface area contributed by atoms with Gasteiger partial charge in [0.15, 0.2) is 5.69 Å². The molecule has 4 rings (SSSR count). The molecule has 0 aliphatic heterocycles. The number of carbonyl (C=O) groups is 1. The second kappa shape index (κ2) is 7.83. The van der Waals surface area contributed by atoms with Crippen LogP contribution >= 0.6 is 0 Å². The zero-order valence-electron chi connectivity index (χ0n) is 15.1. The summed E-state index contributed by atoms with van der Waals surface area (Å²) in [5.74, 6) is -2.18. The van der Waals surface area contributed by atoms with E-state index in [2.05, 4.69) is 15.5 Å². The molecule has 2 aromatic heterocycles. The Morgan fingerprint density at radius 1 is 1.03 bits per heavy atom. The number of halogens is 3. The van der Waals surface area contributed by atoms with Crippen LogP contribution in [-0.4, -0.2) is 22.6 Å². The van der Waals surface area contributed by atoms with Crippen LogP contribution in [0.15, 0.2) is 53.4 Å². The van der Waals surface area contributed by atoms with Crippen LogP contribution in [0, 0.1) is 17.5 Å². The first-order valence-electron chi connectivity index (χ1n) is 8.92. The normalized spacial score (nSPS) is 11.1. The number of carbonyl (C=O) groups excluding carboxylic acids is 1. The minimum absolute atomic E-state index is 0.0405. The lowest BCUT2D eigenvalue weighted by Crippen LogP contribution is -2.27. The summed E-state index contributed by atoms with van der Waals surface area (Å²) in [6, 6.07) is 7.72. The number of benzene rings is 2. The van der Waals surface area contributed by atoms with Crippen molar-refractivity contribution in [1.29, 1.82) is 0 Å². The molecule has 1 amide bonds. The van der Waals surface area contributed by atoms with Crippen molar-refractivity contribution >= 4 is 16.8 Å². The SMILES string of the molecule is O=C(NCCc1c[nH]c2ccc(F)cc12)c1nocc1Cc1ccc(F)cc1F. The van der Waals surface area contributed by atoms with Crippen molar-refractivity contribution in [2.45, 2.75) is 12.8 Å². The van der Waals surface area contributed by atoms with Crippen molar-refractivity contribution in [3.63, 3.8) is 0 Å². The Balaban J connectivity index is 1.41. The van der Waals surface area contributed by atoms with Gasteiger partial charge in [-0.2, -0.15) is 0 Å². The predicted molar refractivity (Wildman–Crippen MR) is 100.0 cm³/mol. The van der Waals surface area contributed by atoms with E-state index in [1.54, 1.807) is 12.3 Å². The van der Waals surface area contributed by atoms with Crippen LogP contribution in [0.1, 0.15) is 27.2 Å². The summed E-state index contributed by atoms with van der Waals surface area (Å²) in [6.45, 7) is 0.291. The molecule has 0 fully saturated rings. The summed E-state index contributed by atoms with van der Waals surface area (Å²) < 4.78 is 45.2. The van der Waals surface area contributed by atoms with Crippen LogP contribution < -0.4 is 5.32 Å². The lowest BCUT2D eigenvalue weighted by molar-refractivity contribution is 0.0944. The Labute approximate surface area is 163 Å². The average Bonchev–Trinajstić information content (AvgIpc) is 3.31. The molecule has 0 radical (unpaired) electrons. The van der Waals surface area contributed by atoms with Gasteiger partial charge in [0.2, 0.25) is 0 Å². The summed E-state index contributed by atoms with van der Waals surface area (Å²) in [6.07, 6.45) is 3.56. The molecule has 0 spiro atoms. The molecular weight excluding hydrogens is 383 g/mol. The molecule has 148 valence electrons. The molecule has 29 heavy (non-hydrogen) atoms. The quantitative estimate of drug-likeness (QED) is 0.512. The van der Waals surface area contributed by atoms with Crippen molar-refractivity contribution in [3.05, 3.63) is 88.7 Å². The zero-order chi connectivity index (χ0) is 20.4. The van der Waals surface area contributed by atoms with Gasteiger partial charge in [0.25, 0.3) is 5.91 Å². The molecule has 4 aromatic rings. The first-order valence-corrected chi connectivity index (χ1v) is 8.92. The maximum absolute atomic E-state index is 13.9. The van der Waals surface area contributed by atoms with Crippen LogP contribution in [-0.2, 0) is 12.8 Å². The molecule has 2 aromatic carbocycles. The van der Waals surface area contributed by atoms with E-state index in [1.807, 2.05) is 0 Å². The summed E-state index contributed by atoms with van der Waals surface area (Å²) in [4.78, 5) is 15.5. The monoisotopic (exact) mass is 399 g/mol. The number of amides is 1. The molecular formula is C21H16F3N3O2. The Morgan fingerprint density at radius 2 is 1.83 bits per heavy atom. The molecule has 0 saturated heterocycles. The number of hydrogen-bond donors (Lipinski definition) is 2. The summed E-state index contributed by atoms with van der Waals surface area (Å²) in [7, 11) is 0. The topological polar surface area (TPSA) is 70.9 Å². The molecule has 2 N–H and O–H groups in total. The number of fused-ring (bicyclic) bond motifs is 1. The smallest absolute Gasteiger partial charge is 0.273 e. The van der Waals surface area contributed by atoms with Crippen molar-refractivity contribution in [2.75, 3.05) is 6.54 Å². The fourth-order valence-electron chi connectivity index (χ4n) is 3.19. The van der Waals surface area contributed by atoms with Crippen LogP contribution in [0.3, 0.4) is 0 Å². The van der Waals surface area contributed by atoms with E-state index in [0.717, 1.165) is 28.6 Å². The molecule has 8 heteroatoms. The Kier molecular flexibility index (Phi) is 5.07. The third kappa shape index (κ3) is 4.01. The molecule has 5 nitrogen and oxygen atoms in total. The van der Waals surface area contributed by atoms with E-state index in [0.29, 0.717) is 18.5 Å². The maximum atomic E-state index is 13.9. The van der Waals surface area contributed by atoms with Crippen molar-refractivity contribution in [2.24, 2.45) is 0 Å². The number of nitrogens with one attached hydrogen (secondary N) is 2. The minimum Gasteiger partial charge on any atom is -0.364 e. The highest BCUT2D eigenvalue weighted by molar-refractivity contribution is 5.93. The van der Waals surface area contributed by atoms with Crippen molar-refractivity contribution in [3.8, 4) is 0 Å². The number of H-pyrrole nitrogens is 1. The number of aromatic amines is 1. The van der Waals surface area contributed by atoms with Gasteiger partial charge in [0.05, 0.1) is 0 Å². The largest absolute Gasteiger partial charge is 0.364 e. The number of rotatable bonds is 6. The summed E-state index contributed by atoms with van der Waals surface area (Å²) >= 11 is 0. The van der Waals surface area contributed by atoms with Crippen LogP contribution in [0.25, 0.3) is 10.9 Å². The highest BCUT2D eigenvalue weighted by Gasteiger charge is 2.18. The third-order valence-electron chi connectivity index (χ3n) is 4.66. The fourth-order valence-corrected chi connectivity index (χ4v) is 3.19. The van der Waals surface area contributed by atoms with Gasteiger partial charge in [-0.05, 0) is 41.8 Å². The van der Waals surface area contributed by atoms with Crippen molar-refractivity contribution in [1.82, 2.24) is 15.5 Å². The number of hydrogen-bond acceptors (Lipinski definition) is 3. The van der Waals surface area contributed by atoms with E-state index >= 15 is 0 Å². The van der Waals surface area contributed by atoms with Gasteiger partial charge in [-0.15, -0.1) is 0 Å². The molecule has 2 heterocycles. The van der Waals surface area contributed by atoms with E-state index in [1.165, 1.54) is 24.5 Å². The lowest BCUT2D eigenvalue weighted by atomic mass is 10.0. The number of aromatic nitrogens is 2. The predicted octanol–water partition coefficient (Wildman–Crippen LogP) is 4.14. The second-order valence-electron chi connectivity index (χ2n) is 6.61. The molecule has 0 atom stereocenters. The molecule has 0 saturated carbocycles. The van der Waals surface area contributed by atoms with Gasteiger partial charge in [-0.3, -0.25) is 4.79 Å².